The van der Waals surface area contributed by atoms with Crippen molar-refractivity contribution in [1.29, 1.82) is 0 Å². The third-order valence-corrected chi connectivity index (χ3v) is 2.83. The van der Waals surface area contributed by atoms with Crippen LogP contribution in [0.3, 0.4) is 0 Å². The zero-order valence-electron chi connectivity index (χ0n) is 9.85. The van der Waals surface area contributed by atoms with Crippen LogP contribution < -0.4 is 4.74 Å². The number of rotatable bonds is 3. The first kappa shape index (κ1) is 11.6. The summed E-state index contributed by atoms with van der Waals surface area (Å²) < 4.78 is 18.1. The van der Waals surface area contributed by atoms with Gasteiger partial charge in [0.25, 0.3) is 0 Å². The molecule has 0 radical (unpaired) electrons. The molecule has 2 rings (SSSR count). The Morgan fingerprint density at radius 3 is 2.53 bits per heavy atom. The quantitative estimate of drug-likeness (QED) is 0.807. The summed E-state index contributed by atoms with van der Waals surface area (Å²) in [7, 11) is 1.60. The summed E-state index contributed by atoms with van der Waals surface area (Å²) in [4.78, 5) is 4.17. The molecule has 1 aromatic carbocycles. The number of methoxy groups -OCH3 is 1. The average Bonchev–Trinajstić information content (AvgIpc) is 2.39. The molecule has 0 saturated carbocycles. The second-order valence-electron chi connectivity index (χ2n) is 3.88. The van der Waals surface area contributed by atoms with Gasteiger partial charge >= 0.3 is 0 Å². The molecule has 0 bridgehead atoms. The lowest BCUT2D eigenvalue weighted by atomic mass is 9.94. The molecule has 2 nitrogen and oxygen atoms in total. The minimum absolute atomic E-state index is 0.124. The second kappa shape index (κ2) is 4.95. The Hall–Kier alpha value is -1.90. The predicted molar refractivity (Wildman–Crippen MR) is 64.7 cm³/mol. The van der Waals surface area contributed by atoms with E-state index in [1.54, 1.807) is 25.4 Å². The summed E-state index contributed by atoms with van der Waals surface area (Å²) in [5.74, 6) is 0.516. The van der Waals surface area contributed by atoms with Crippen molar-refractivity contribution in [1.82, 2.24) is 4.98 Å². The smallest absolute Gasteiger partial charge is 0.216 e. The van der Waals surface area contributed by atoms with E-state index in [2.05, 4.69) is 4.98 Å². The summed E-state index contributed by atoms with van der Waals surface area (Å²) >= 11 is 0. The van der Waals surface area contributed by atoms with Crippen molar-refractivity contribution in [2.45, 2.75) is 12.8 Å². The molecule has 0 spiro atoms. The van der Waals surface area contributed by atoms with Gasteiger partial charge in [0.2, 0.25) is 5.88 Å². The molecular weight excluding hydrogens is 217 g/mol. The molecule has 1 aromatic heterocycles. The van der Waals surface area contributed by atoms with Crippen LogP contribution >= 0.6 is 0 Å². The lowest BCUT2D eigenvalue weighted by molar-refractivity contribution is 0.391. The largest absolute Gasteiger partial charge is 0.481 e. The topological polar surface area (TPSA) is 22.1 Å². The van der Waals surface area contributed by atoms with E-state index < -0.39 is 0 Å². The monoisotopic (exact) mass is 231 g/mol. The molecule has 0 aliphatic rings. The predicted octanol–water partition coefficient (Wildman–Crippen LogP) is 3.38. The number of halogens is 1. The highest BCUT2D eigenvalue weighted by molar-refractivity contribution is 5.37. The fourth-order valence-corrected chi connectivity index (χ4v) is 1.83. The number of hydrogen-bond acceptors (Lipinski definition) is 2. The van der Waals surface area contributed by atoms with E-state index in [4.69, 9.17) is 4.74 Å². The first-order chi connectivity index (χ1) is 8.22. The minimum Gasteiger partial charge on any atom is -0.481 e. The van der Waals surface area contributed by atoms with Crippen molar-refractivity contribution in [3.63, 3.8) is 0 Å². The Morgan fingerprint density at radius 1 is 1.18 bits per heavy atom. The van der Waals surface area contributed by atoms with Crippen LogP contribution in [-0.4, -0.2) is 12.1 Å². The number of benzene rings is 1. The molecule has 3 heteroatoms. The van der Waals surface area contributed by atoms with Gasteiger partial charge in [-0.3, -0.25) is 0 Å². The second-order valence-corrected chi connectivity index (χ2v) is 3.88. The maximum Gasteiger partial charge on any atom is 0.216 e. The van der Waals surface area contributed by atoms with Crippen LogP contribution in [0.25, 0.3) is 0 Å². The Morgan fingerprint density at radius 2 is 1.88 bits per heavy atom. The van der Waals surface area contributed by atoms with E-state index >= 15 is 0 Å². The van der Waals surface area contributed by atoms with Gasteiger partial charge in [-0.15, -0.1) is 0 Å². The Balaban J connectivity index is 2.36. The molecule has 0 aliphatic carbocycles. The Kier molecular flexibility index (Phi) is 3.38. The zero-order valence-corrected chi connectivity index (χ0v) is 9.85. The van der Waals surface area contributed by atoms with Crippen LogP contribution in [0.2, 0.25) is 0 Å². The average molecular weight is 231 g/mol. The van der Waals surface area contributed by atoms with Gasteiger partial charge in [0.1, 0.15) is 5.82 Å². The van der Waals surface area contributed by atoms with Gasteiger partial charge in [0, 0.05) is 17.7 Å². The number of aromatic nitrogens is 1. The maximum atomic E-state index is 12.9. The molecule has 0 N–H and O–H groups in total. The van der Waals surface area contributed by atoms with Gasteiger partial charge in [0.15, 0.2) is 0 Å². The van der Waals surface area contributed by atoms with Crippen LogP contribution in [-0.2, 0) is 0 Å². The Bertz CT molecular complexity index is 496. The molecule has 2 aromatic rings. The van der Waals surface area contributed by atoms with E-state index in [0.717, 1.165) is 11.1 Å². The fourth-order valence-electron chi connectivity index (χ4n) is 1.83. The lowest BCUT2D eigenvalue weighted by Gasteiger charge is -2.14. The van der Waals surface area contributed by atoms with Gasteiger partial charge in [-0.1, -0.05) is 25.1 Å². The lowest BCUT2D eigenvalue weighted by Crippen LogP contribution is -2.01. The van der Waals surface area contributed by atoms with Crippen LogP contribution in [0.5, 0.6) is 5.88 Å². The van der Waals surface area contributed by atoms with Crippen molar-refractivity contribution in [3.8, 4) is 5.88 Å². The minimum atomic E-state index is -0.223. The molecular formula is C14H14FNO. The highest BCUT2D eigenvalue weighted by Crippen LogP contribution is 2.29. The number of nitrogens with zero attached hydrogens (tertiary/aromatic N) is 1. The van der Waals surface area contributed by atoms with E-state index in [1.165, 1.54) is 12.1 Å². The van der Waals surface area contributed by atoms with Gasteiger partial charge in [-0.2, -0.15) is 0 Å². The van der Waals surface area contributed by atoms with Gasteiger partial charge in [0.05, 0.1) is 7.11 Å². The van der Waals surface area contributed by atoms with Crippen molar-refractivity contribution in [3.05, 3.63) is 59.5 Å². The van der Waals surface area contributed by atoms with Crippen molar-refractivity contribution in [2.75, 3.05) is 7.11 Å². The summed E-state index contributed by atoms with van der Waals surface area (Å²) in [6.07, 6.45) is 1.69. The third-order valence-electron chi connectivity index (χ3n) is 2.83. The van der Waals surface area contributed by atoms with Crippen molar-refractivity contribution in [2.24, 2.45) is 0 Å². The molecule has 1 unspecified atom stereocenters. The van der Waals surface area contributed by atoms with Crippen LogP contribution in [0, 0.1) is 5.82 Å². The highest BCUT2D eigenvalue weighted by atomic mass is 19.1. The van der Waals surface area contributed by atoms with Crippen molar-refractivity contribution >= 4 is 0 Å². The van der Waals surface area contributed by atoms with E-state index in [9.17, 15) is 4.39 Å². The van der Waals surface area contributed by atoms with Gasteiger partial charge in [-0.25, -0.2) is 9.37 Å². The van der Waals surface area contributed by atoms with E-state index in [-0.39, 0.29) is 11.7 Å². The van der Waals surface area contributed by atoms with Crippen LogP contribution in [0.15, 0.2) is 42.6 Å². The SMILES string of the molecule is COc1ncccc1C(C)c1ccc(F)cc1. The molecule has 1 atom stereocenters. The zero-order chi connectivity index (χ0) is 12.3. The Labute approximate surface area is 100 Å². The summed E-state index contributed by atoms with van der Waals surface area (Å²) in [6, 6.07) is 10.3. The first-order valence-electron chi connectivity index (χ1n) is 5.46. The number of hydrogen-bond donors (Lipinski definition) is 0. The summed E-state index contributed by atoms with van der Waals surface area (Å²) in [6.45, 7) is 2.05. The van der Waals surface area contributed by atoms with E-state index in [1.807, 2.05) is 19.1 Å². The van der Waals surface area contributed by atoms with Crippen LogP contribution in [0.4, 0.5) is 4.39 Å². The molecule has 0 saturated heterocycles. The number of pyridine rings is 1. The fraction of sp³-hybridized carbons (Fsp3) is 0.214. The van der Waals surface area contributed by atoms with Gasteiger partial charge < -0.3 is 4.74 Å². The molecule has 1 heterocycles. The van der Waals surface area contributed by atoms with Gasteiger partial charge in [-0.05, 0) is 23.8 Å². The maximum absolute atomic E-state index is 12.9. The molecule has 0 aliphatic heterocycles. The van der Waals surface area contributed by atoms with E-state index in [0.29, 0.717) is 5.88 Å². The molecule has 17 heavy (non-hydrogen) atoms. The highest BCUT2D eigenvalue weighted by Gasteiger charge is 2.13. The molecule has 0 amide bonds. The molecule has 88 valence electrons. The standard InChI is InChI=1S/C14H14FNO/c1-10(11-5-7-12(15)8-6-11)13-4-3-9-16-14(13)17-2/h3-10H,1-2H3. The third kappa shape index (κ3) is 2.44. The van der Waals surface area contributed by atoms with Crippen molar-refractivity contribution < 1.29 is 9.13 Å². The summed E-state index contributed by atoms with van der Waals surface area (Å²) in [5.41, 5.74) is 2.04. The van der Waals surface area contributed by atoms with Crippen LogP contribution in [0.1, 0.15) is 24.0 Å². The first-order valence-corrected chi connectivity index (χ1v) is 5.46. The number of ether oxygens (including phenoxy) is 1. The normalized spacial score (nSPS) is 12.2. The summed E-state index contributed by atoms with van der Waals surface area (Å²) in [5, 5.41) is 0. The molecule has 0 fully saturated rings.